The maximum absolute atomic E-state index is 13.1. The maximum Gasteiger partial charge on any atom is 0.422 e. The van der Waals surface area contributed by atoms with Gasteiger partial charge in [-0.15, -0.1) is 0 Å². The molecule has 1 fully saturated rings. The van der Waals surface area contributed by atoms with Crippen molar-refractivity contribution in [2.24, 2.45) is 0 Å². The van der Waals surface area contributed by atoms with E-state index in [0.717, 1.165) is 0 Å². The van der Waals surface area contributed by atoms with Crippen molar-refractivity contribution >= 4 is 11.8 Å². The third kappa shape index (κ3) is 4.98. The number of nitrogens with zero attached hydrogens (tertiary/aromatic N) is 3. The maximum atomic E-state index is 13.1. The second-order valence-corrected chi connectivity index (χ2v) is 8.97. The Morgan fingerprint density at radius 2 is 2.09 bits per heavy atom. The largest absolute Gasteiger partial charge is 0.468 e. The summed E-state index contributed by atoms with van der Waals surface area (Å²) in [6.07, 6.45) is -1.49. The molecule has 2 aliphatic heterocycles. The van der Waals surface area contributed by atoms with Crippen LogP contribution in [0.5, 0.6) is 5.88 Å². The lowest BCUT2D eigenvalue weighted by Gasteiger charge is -2.38. The van der Waals surface area contributed by atoms with E-state index in [0.29, 0.717) is 41.2 Å². The molecule has 182 valence electrons. The van der Waals surface area contributed by atoms with Gasteiger partial charge in [-0.05, 0) is 38.5 Å². The van der Waals surface area contributed by atoms with Crippen molar-refractivity contribution in [3.8, 4) is 5.88 Å². The van der Waals surface area contributed by atoms with Crippen molar-refractivity contribution in [2.75, 3.05) is 19.8 Å². The molecule has 1 N–H and O–H groups in total. The van der Waals surface area contributed by atoms with Crippen LogP contribution in [-0.2, 0) is 22.5 Å². The minimum atomic E-state index is -4.46. The molecule has 11 heteroatoms. The molecule has 0 aromatic carbocycles. The summed E-state index contributed by atoms with van der Waals surface area (Å²) < 4.78 is 47.2. The SMILES string of the molecule is Cc1cc(C(C)N2Cc3c(ccnc3CC(=O)NC3(C)COC3)C2=O)cnc1OCC(F)(F)F. The van der Waals surface area contributed by atoms with Gasteiger partial charge in [-0.1, -0.05) is 0 Å². The lowest BCUT2D eigenvalue weighted by Crippen LogP contribution is -2.60. The predicted octanol–water partition coefficient (Wildman–Crippen LogP) is 2.89. The first-order chi connectivity index (χ1) is 16.0. The predicted molar refractivity (Wildman–Crippen MR) is 114 cm³/mol. The molecular weight excluding hydrogens is 453 g/mol. The Kier molecular flexibility index (Phi) is 6.24. The van der Waals surface area contributed by atoms with E-state index in [9.17, 15) is 22.8 Å². The zero-order valence-electron chi connectivity index (χ0n) is 19.0. The number of hydrogen-bond acceptors (Lipinski definition) is 6. The fraction of sp³-hybridized carbons (Fsp3) is 0.478. The summed E-state index contributed by atoms with van der Waals surface area (Å²) in [5.74, 6) is -0.506. The van der Waals surface area contributed by atoms with Gasteiger partial charge in [0.05, 0.1) is 36.9 Å². The molecule has 2 amide bonds. The first-order valence-electron chi connectivity index (χ1n) is 10.8. The average molecular weight is 478 g/mol. The van der Waals surface area contributed by atoms with Crippen LogP contribution in [0.4, 0.5) is 13.2 Å². The number of ether oxygens (including phenoxy) is 2. The van der Waals surface area contributed by atoms with E-state index < -0.39 is 18.8 Å². The smallest absolute Gasteiger partial charge is 0.422 e. The van der Waals surface area contributed by atoms with Crippen LogP contribution in [0, 0.1) is 6.92 Å². The van der Waals surface area contributed by atoms with Crippen LogP contribution >= 0.6 is 0 Å². The molecule has 34 heavy (non-hydrogen) atoms. The van der Waals surface area contributed by atoms with E-state index in [4.69, 9.17) is 9.47 Å². The number of aryl methyl sites for hydroxylation is 1. The highest BCUT2D eigenvalue weighted by Gasteiger charge is 2.37. The number of fused-ring (bicyclic) bond motifs is 1. The average Bonchev–Trinajstić information content (AvgIpc) is 3.08. The molecule has 8 nitrogen and oxygen atoms in total. The summed E-state index contributed by atoms with van der Waals surface area (Å²) in [6.45, 7) is 5.06. The van der Waals surface area contributed by atoms with Crippen LogP contribution in [-0.4, -0.2) is 58.2 Å². The molecule has 0 radical (unpaired) electrons. The molecule has 4 heterocycles. The number of nitrogens with one attached hydrogen (secondary N) is 1. The first-order valence-corrected chi connectivity index (χ1v) is 10.8. The fourth-order valence-electron chi connectivity index (χ4n) is 4.08. The minimum Gasteiger partial charge on any atom is -0.468 e. The number of alkyl halides is 3. The van der Waals surface area contributed by atoms with Gasteiger partial charge in [-0.2, -0.15) is 13.2 Å². The highest BCUT2D eigenvalue weighted by molar-refractivity contribution is 5.99. The summed E-state index contributed by atoms with van der Waals surface area (Å²) in [6, 6.07) is 2.88. The molecule has 0 aliphatic carbocycles. The summed E-state index contributed by atoms with van der Waals surface area (Å²) in [5, 5.41) is 2.94. The van der Waals surface area contributed by atoms with Crippen LogP contribution in [0.1, 0.15) is 52.6 Å². The fourth-order valence-corrected chi connectivity index (χ4v) is 4.08. The number of carbonyl (C=O) groups excluding carboxylic acids is 2. The van der Waals surface area contributed by atoms with Crippen molar-refractivity contribution < 1.29 is 32.2 Å². The lowest BCUT2D eigenvalue weighted by atomic mass is 10.00. The summed E-state index contributed by atoms with van der Waals surface area (Å²) in [5.41, 5.74) is 2.42. The monoisotopic (exact) mass is 478 g/mol. The third-order valence-corrected chi connectivity index (χ3v) is 5.95. The van der Waals surface area contributed by atoms with E-state index in [1.807, 2.05) is 13.8 Å². The van der Waals surface area contributed by atoms with Crippen molar-refractivity contribution in [1.82, 2.24) is 20.2 Å². The normalized spacial score (nSPS) is 17.7. The van der Waals surface area contributed by atoms with Gasteiger partial charge < -0.3 is 19.7 Å². The van der Waals surface area contributed by atoms with Gasteiger partial charge in [0.25, 0.3) is 5.91 Å². The standard InChI is InChI=1S/C23H25F3N4O4/c1-13-6-15(8-28-20(13)34-12-23(24,25)26)14(2)30-9-17-16(21(30)32)4-5-27-18(17)7-19(31)29-22(3)10-33-11-22/h4-6,8,14H,7,9-12H2,1-3H3,(H,29,31). The van der Waals surface area contributed by atoms with Gasteiger partial charge in [0, 0.05) is 35.6 Å². The molecule has 1 atom stereocenters. The Morgan fingerprint density at radius 1 is 1.35 bits per heavy atom. The van der Waals surface area contributed by atoms with Crippen molar-refractivity contribution in [3.63, 3.8) is 0 Å². The number of carbonyl (C=O) groups is 2. The van der Waals surface area contributed by atoms with Crippen LogP contribution < -0.4 is 10.1 Å². The Bertz CT molecular complexity index is 1120. The quantitative estimate of drug-likeness (QED) is 0.658. The Morgan fingerprint density at radius 3 is 2.71 bits per heavy atom. The van der Waals surface area contributed by atoms with Crippen LogP contribution in [0.3, 0.4) is 0 Å². The number of halogens is 3. The van der Waals surface area contributed by atoms with Gasteiger partial charge in [0.1, 0.15) is 0 Å². The van der Waals surface area contributed by atoms with E-state index in [1.165, 1.54) is 12.4 Å². The molecule has 1 saturated heterocycles. The van der Waals surface area contributed by atoms with Crippen LogP contribution in [0.15, 0.2) is 24.5 Å². The number of pyridine rings is 2. The molecule has 2 aromatic rings. The van der Waals surface area contributed by atoms with Crippen molar-refractivity contribution in [3.05, 3.63) is 52.5 Å². The van der Waals surface area contributed by atoms with Gasteiger partial charge in [0.15, 0.2) is 6.61 Å². The summed E-state index contributed by atoms with van der Waals surface area (Å²) >= 11 is 0. The van der Waals surface area contributed by atoms with Crippen LogP contribution in [0.25, 0.3) is 0 Å². The number of hydrogen-bond donors (Lipinski definition) is 1. The molecule has 0 saturated carbocycles. The Labute approximate surface area is 194 Å². The molecule has 0 bridgehead atoms. The Balaban J connectivity index is 1.48. The molecule has 2 aliphatic rings. The second-order valence-electron chi connectivity index (χ2n) is 8.97. The molecule has 1 unspecified atom stereocenters. The Hall–Kier alpha value is -3.21. The summed E-state index contributed by atoms with van der Waals surface area (Å²) in [4.78, 5) is 35.6. The zero-order valence-corrected chi connectivity index (χ0v) is 19.0. The van der Waals surface area contributed by atoms with Gasteiger partial charge >= 0.3 is 6.18 Å². The van der Waals surface area contributed by atoms with Gasteiger partial charge in [-0.3, -0.25) is 14.6 Å². The van der Waals surface area contributed by atoms with E-state index in [1.54, 1.807) is 24.0 Å². The third-order valence-electron chi connectivity index (χ3n) is 5.95. The highest BCUT2D eigenvalue weighted by atomic mass is 19.4. The highest BCUT2D eigenvalue weighted by Crippen LogP contribution is 2.33. The minimum absolute atomic E-state index is 0.0418. The number of aromatic nitrogens is 2. The zero-order chi connectivity index (χ0) is 24.7. The molecular formula is C23H25F3N4O4. The topological polar surface area (TPSA) is 93.7 Å². The molecule has 2 aromatic heterocycles. The van der Waals surface area contributed by atoms with Crippen molar-refractivity contribution in [1.29, 1.82) is 0 Å². The van der Waals surface area contributed by atoms with E-state index >= 15 is 0 Å². The van der Waals surface area contributed by atoms with E-state index in [2.05, 4.69) is 15.3 Å². The summed E-state index contributed by atoms with van der Waals surface area (Å²) in [7, 11) is 0. The number of rotatable bonds is 7. The molecule has 4 rings (SSSR count). The lowest BCUT2D eigenvalue weighted by molar-refractivity contribution is -0.154. The molecule has 0 spiro atoms. The van der Waals surface area contributed by atoms with Gasteiger partial charge in [0.2, 0.25) is 11.8 Å². The first kappa shape index (κ1) is 23.9. The second kappa shape index (κ2) is 8.86. The van der Waals surface area contributed by atoms with Crippen LogP contribution in [0.2, 0.25) is 0 Å². The number of amides is 2. The van der Waals surface area contributed by atoms with E-state index in [-0.39, 0.29) is 36.2 Å². The van der Waals surface area contributed by atoms with Crippen molar-refractivity contribution in [2.45, 2.75) is 51.5 Å². The van der Waals surface area contributed by atoms with Gasteiger partial charge in [-0.25, -0.2) is 4.98 Å².